The molecular formula is C13H15NO4S. The number of hydrogen-bond donors (Lipinski definition) is 1. The maximum atomic E-state index is 11.9. The normalized spacial score (nSPS) is 16.9. The fourth-order valence-electron chi connectivity index (χ4n) is 2.07. The third-order valence-corrected chi connectivity index (χ3v) is 4.01. The standard InChI is InChI=1S/C13H15NO4S/c1-13(2)9-6-8(11(15)7-19(3,17)18)4-5-10(9)14-12(13)16/h4-6H,7H2,1-3H3,(H,14,16). The Morgan fingerprint density at radius 1 is 1.32 bits per heavy atom. The van der Waals surface area contributed by atoms with E-state index in [-0.39, 0.29) is 5.91 Å². The van der Waals surface area contributed by atoms with Gasteiger partial charge in [-0.25, -0.2) is 8.42 Å². The van der Waals surface area contributed by atoms with E-state index in [2.05, 4.69) is 5.32 Å². The summed E-state index contributed by atoms with van der Waals surface area (Å²) in [5.74, 6) is -1.11. The maximum Gasteiger partial charge on any atom is 0.234 e. The lowest BCUT2D eigenvalue weighted by atomic mass is 9.85. The lowest BCUT2D eigenvalue weighted by Crippen LogP contribution is -2.27. The van der Waals surface area contributed by atoms with Gasteiger partial charge in [-0.3, -0.25) is 9.59 Å². The fourth-order valence-corrected chi connectivity index (χ4v) is 2.71. The zero-order valence-corrected chi connectivity index (χ0v) is 11.8. The van der Waals surface area contributed by atoms with Crippen LogP contribution in [0.15, 0.2) is 18.2 Å². The number of ketones is 1. The van der Waals surface area contributed by atoms with Gasteiger partial charge in [0.05, 0.1) is 5.41 Å². The second-order valence-corrected chi connectivity index (χ2v) is 7.47. The number of anilines is 1. The zero-order chi connectivity index (χ0) is 14.4. The van der Waals surface area contributed by atoms with Crippen molar-refractivity contribution in [2.24, 2.45) is 0 Å². The van der Waals surface area contributed by atoms with E-state index in [1.165, 1.54) is 6.07 Å². The SMILES string of the molecule is CC1(C)C(=O)Nc2ccc(C(=O)CS(C)(=O)=O)cc21. The zero-order valence-electron chi connectivity index (χ0n) is 11.0. The van der Waals surface area contributed by atoms with Gasteiger partial charge >= 0.3 is 0 Å². The molecule has 0 unspecified atom stereocenters. The Kier molecular flexibility index (Phi) is 3.01. The average Bonchev–Trinajstić information content (AvgIpc) is 2.47. The predicted molar refractivity (Wildman–Crippen MR) is 72.1 cm³/mol. The molecule has 1 aromatic carbocycles. The van der Waals surface area contributed by atoms with Crippen LogP contribution >= 0.6 is 0 Å². The molecule has 0 bridgehead atoms. The third kappa shape index (κ3) is 2.53. The minimum atomic E-state index is -3.36. The molecule has 5 nitrogen and oxygen atoms in total. The van der Waals surface area contributed by atoms with Crippen molar-refractivity contribution in [2.45, 2.75) is 19.3 Å². The van der Waals surface area contributed by atoms with Gasteiger partial charge in [0.25, 0.3) is 0 Å². The summed E-state index contributed by atoms with van der Waals surface area (Å²) in [6.45, 7) is 3.53. The summed E-state index contributed by atoms with van der Waals surface area (Å²) in [7, 11) is -3.36. The number of hydrogen-bond acceptors (Lipinski definition) is 4. The number of Topliss-reactive ketones (excluding diaryl/α,β-unsaturated/α-hetero) is 1. The fraction of sp³-hybridized carbons (Fsp3) is 0.385. The van der Waals surface area contributed by atoms with Gasteiger partial charge in [-0.15, -0.1) is 0 Å². The Bertz CT molecular complexity index is 674. The van der Waals surface area contributed by atoms with Crippen LogP contribution in [-0.2, 0) is 20.0 Å². The lowest BCUT2D eigenvalue weighted by Gasteiger charge is -2.15. The molecule has 0 spiro atoms. The first-order valence-electron chi connectivity index (χ1n) is 5.78. The highest BCUT2D eigenvalue weighted by Gasteiger charge is 2.38. The van der Waals surface area contributed by atoms with Gasteiger partial charge in [-0.05, 0) is 37.6 Å². The molecule has 1 N–H and O–H groups in total. The molecule has 1 aromatic rings. The Balaban J connectivity index is 2.41. The molecule has 0 fully saturated rings. The second-order valence-electron chi connectivity index (χ2n) is 5.33. The summed E-state index contributed by atoms with van der Waals surface area (Å²) in [5, 5.41) is 2.73. The van der Waals surface area contributed by atoms with Crippen LogP contribution in [0.4, 0.5) is 5.69 Å². The molecule has 1 heterocycles. The monoisotopic (exact) mass is 281 g/mol. The van der Waals surface area contributed by atoms with Crippen LogP contribution in [0, 0.1) is 0 Å². The molecule has 0 atom stereocenters. The van der Waals surface area contributed by atoms with Crippen molar-refractivity contribution in [3.8, 4) is 0 Å². The molecule has 1 aliphatic rings. The summed E-state index contributed by atoms with van der Waals surface area (Å²) >= 11 is 0. The quantitative estimate of drug-likeness (QED) is 0.843. The number of nitrogens with one attached hydrogen (secondary N) is 1. The van der Waals surface area contributed by atoms with Gasteiger partial charge in [0, 0.05) is 17.5 Å². The maximum absolute atomic E-state index is 11.9. The van der Waals surface area contributed by atoms with Crippen LogP contribution in [0.2, 0.25) is 0 Å². The summed E-state index contributed by atoms with van der Waals surface area (Å²) in [6, 6.07) is 4.77. The summed E-state index contributed by atoms with van der Waals surface area (Å²) in [4.78, 5) is 23.6. The number of carbonyl (C=O) groups excluding carboxylic acids is 2. The first-order chi connectivity index (χ1) is 8.61. The van der Waals surface area contributed by atoms with E-state index in [1.807, 2.05) is 0 Å². The van der Waals surface area contributed by atoms with Crippen LogP contribution in [0.5, 0.6) is 0 Å². The Hall–Kier alpha value is -1.69. The van der Waals surface area contributed by atoms with Crippen LogP contribution in [-0.4, -0.2) is 32.1 Å². The van der Waals surface area contributed by atoms with E-state index in [1.54, 1.807) is 26.0 Å². The highest BCUT2D eigenvalue weighted by Crippen LogP contribution is 2.37. The third-order valence-electron chi connectivity index (χ3n) is 3.22. The summed E-state index contributed by atoms with van der Waals surface area (Å²) in [6.07, 6.45) is 1.02. The van der Waals surface area contributed by atoms with E-state index >= 15 is 0 Å². The minimum Gasteiger partial charge on any atom is -0.325 e. The molecule has 1 aliphatic heterocycles. The van der Waals surface area contributed by atoms with Gasteiger partial charge in [0.15, 0.2) is 15.6 Å². The van der Waals surface area contributed by atoms with Crippen molar-refractivity contribution in [2.75, 3.05) is 17.3 Å². The van der Waals surface area contributed by atoms with Crippen molar-refractivity contribution in [1.29, 1.82) is 0 Å². The molecule has 6 heteroatoms. The van der Waals surface area contributed by atoms with Crippen LogP contribution in [0.1, 0.15) is 29.8 Å². The number of sulfone groups is 1. The molecule has 19 heavy (non-hydrogen) atoms. The molecule has 1 amide bonds. The lowest BCUT2D eigenvalue weighted by molar-refractivity contribution is -0.119. The largest absolute Gasteiger partial charge is 0.325 e. The molecule has 0 saturated carbocycles. The highest BCUT2D eigenvalue weighted by molar-refractivity contribution is 7.91. The van der Waals surface area contributed by atoms with Gasteiger partial charge < -0.3 is 5.32 Å². The molecule has 0 aliphatic carbocycles. The summed E-state index contributed by atoms with van der Waals surface area (Å²) in [5.41, 5.74) is 0.994. The van der Waals surface area contributed by atoms with Crippen molar-refractivity contribution >= 4 is 27.2 Å². The average molecular weight is 281 g/mol. The topological polar surface area (TPSA) is 80.3 Å². The molecule has 0 aromatic heterocycles. The predicted octanol–water partition coefficient (Wildman–Crippen LogP) is 1.14. The smallest absolute Gasteiger partial charge is 0.234 e. The van der Waals surface area contributed by atoms with E-state index in [9.17, 15) is 18.0 Å². The van der Waals surface area contributed by atoms with Crippen LogP contribution in [0.3, 0.4) is 0 Å². The molecule has 2 rings (SSSR count). The Morgan fingerprint density at radius 3 is 2.53 bits per heavy atom. The van der Waals surface area contributed by atoms with E-state index < -0.39 is 26.8 Å². The van der Waals surface area contributed by atoms with Crippen molar-refractivity contribution in [3.05, 3.63) is 29.3 Å². The van der Waals surface area contributed by atoms with Gasteiger partial charge in [0.1, 0.15) is 5.75 Å². The van der Waals surface area contributed by atoms with Gasteiger partial charge in [-0.1, -0.05) is 0 Å². The summed E-state index contributed by atoms with van der Waals surface area (Å²) < 4.78 is 22.3. The second kappa shape index (κ2) is 4.16. The van der Waals surface area contributed by atoms with Crippen molar-refractivity contribution in [1.82, 2.24) is 0 Å². The van der Waals surface area contributed by atoms with Crippen LogP contribution < -0.4 is 5.32 Å². The van der Waals surface area contributed by atoms with Gasteiger partial charge in [0.2, 0.25) is 5.91 Å². The number of rotatable bonds is 3. The Labute approximate surface area is 111 Å². The molecule has 102 valence electrons. The number of amides is 1. The molecule has 0 radical (unpaired) electrons. The first-order valence-corrected chi connectivity index (χ1v) is 7.84. The number of benzene rings is 1. The van der Waals surface area contributed by atoms with Crippen molar-refractivity contribution < 1.29 is 18.0 Å². The number of fused-ring (bicyclic) bond motifs is 1. The van der Waals surface area contributed by atoms with Crippen molar-refractivity contribution in [3.63, 3.8) is 0 Å². The number of carbonyl (C=O) groups is 2. The highest BCUT2D eigenvalue weighted by atomic mass is 32.2. The van der Waals surface area contributed by atoms with E-state index in [4.69, 9.17) is 0 Å². The van der Waals surface area contributed by atoms with E-state index in [0.29, 0.717) is 11.3 Å². The first kappa shape index (κ1) is 13.7. The minimum absolute atomic E-state index is 0.129. The molecule has 0 saturated heterocycles. The Morgan fingerprint density at radius 2 is 1.95 bits per heavy atom. The van der Waals surface area contributed by atoms with Crippen LogP contribution in [0.25, 0.3) is 0 Å². The van der Waals surface area contributed by atoms with E-state index in [0.717, 1.165) is 11.8 Å². The molecular weight excluding hydrogens is 266 g/mol. The van der Waals surface area contributed by atoms with Gasteiger partial charge in [-0.2, -0.15) is 0 Å².